The molecule has 0 unspecified atom stereocenters. The predicted molar refractivity (Wildman–Crippen MR) is 74.8 cm³/mol. The molecule has 4 nitrogen and oxygen atoms in total. The number of methoxy groups -OCH3 is 1. The summed E-state index contributed by atoms with van der Waals surface area (Å²) in [5.41, 5.74) is 7.84. The van der Waals surface area contributed by atoms with E-state index >= 15 is 0 Å². The van der Waals surface area contributed by atoms with Gasteiger partial charge in [-0.05, 0) is 44.7 Å². The standard InChI is InChI=1S/C14H24N2O2/c1-11(2)18-8-7-16(3)10-12-9-13(17-4)5-6-14(12)15/h5-6,9,11H,7-8,10,15H2,1-4H3. The number of rotatable bonds is 7. The number of benzene rings is 1. The van der Waals surface area contributed by atoms with Crippen LogP contribution in [0.25, 0.3) is 0 Å². The van der Waals surface area contributed by atoms with Crippen molar-refractivity contribution >= 4 is 5.69 Å². The van der Waals surface area contributed by atoms with Gasteiger partial charge in [-0.1, -0.05) is 0 Å². The molecule has 0 aliphatic rings. The summed E-state index contributed by atoms with van der Waals surface area (Å²) in [5.74, 6) is 0.839. The Hall–Kier alpha value is -1.26. The first-order chi connectivity index (χ1) is 8.52. The highest BCUT2D eigenvalue weighted by Gasteiger charge is 2.06. The van der Waals surface area contributed by atoms with Gasteiger partial charge in [0.25, 0.3) is 0 Å². The van der Waals surface area contributed by atoms with E-state index < -0.39 is 0 Å². The first-order valence-electron chi connectivity index (χ1n) is 6.25. The van der Waals surface area contributed by atoms with Crippen LogP contribution in [-0.2, 0) is 11.3 Å². The molecule has 4 heteroatoms. The van der Waals surface area contributed by atoms with Gasteiger partial charge >= 0.3 is 0 Å². The van der Waals surface area contributed by atoms with Crippen molar-refractivity contribution in [3.8, 4) is 5.75 Å². The van der Waals surface area contributed by atoms with Crippen LogP contribution < -0.4 is 10.5 Å². The zero-order valence-electron chi connectivity index (χ0n) is 11.8. The van der Waals surface area contributed by atoms with E-state index in [0.717, 1.165) is 36.7 Å². The number of nitrogens with zero attached hydrogens (tertiary/aromatic N) is 1. The average molecular weight is 252 g/mol. The summed E-state index contributed by atoms with van der Waals surface area (Å²) in [5, 5.41) is 0. The van der Waals surface area contributed by atoms with Gasteiger partial charge in [0.2, 0.25) is 0 Å². The van der Waals surface area contributed by atoms with Crippen LogP contribution in [-0.4, -0.2) is 38.3 Å². The van der Waals surface area contributed by atoms with Crippen molar-refractivity contribution in [1.29, 1.82) is 0 Å². The SMILES string of the molecule is COc1ccc(N)c(CN(C)CCOC(C)C)c1. The number of nitrogens with two attached hydrogens (primary N) is 1. The maximum Gasteiger partial charge on any atom is 0.119 e. The van der Waals surface area contributed by atoms with Crippen molar-refractivity contribution in [1.82, 2.24) is 4.90 Å². The fraction of sp³-hybridized carbons (Fsp3) is 0.571. The third kappa shape index (κ3) is 4.94. The van der Waals surface area contributed by atoms with Gasteiger partial charge in [-0.3, -0.25) is 4.90 Å². The molecule has 0 atom stereocenters. The van der Waals surface area contributed by atoms with Crippen LogP contribution >= 0.6 is 0 Å². The fourth-order valence-corrected chi connectivity index (χ4v) is 1.66. The van der Waals surface area contributed by atoms with Crippen molar-refractivity contribution in [3.05, 3.63) is 23.8 Å². The Bertz CT molecular complexity index is 367. The monoisotopic (exact) mass is 252 g/mol. The summed E-state index contributed by atoms with van der Waals surface area (Å²) < 4.78 is 10.7. The maximum atomic E-state index is 5.96. The molecule has 0 fully saturated rings. The van der Waals surface area contributed by atoms with Gasteiger partial charge in [-0.25, -0.2) is 0 Å². The predicted octanol–water partition coefficient (Wildman–Crippen LogP) is 2.13. The van der Waals surface area contributed by atoms with Gasteiger partial charge in [-0.15, -0.1) is 0 Å². The Morgan fingerprint density at radius 1 is 1.33 bits per heavy atom. The van der Waals surface area contributed by atoms with Gasteiger partial charge in [-0.2, -0.15) is 0 Å². The Labute approximate surface area is 110 Å². The van der Waals surface area contributed by atoms with Gasteiger partial charge < -0.3 is 15.2 Å². The molecule has 0 aliphatic heterocycles. The molecule has 0 saturated carbocycles. The molecule has 0 heterocycles. The van der Waals surface area contributed by atoms with E-state index in [2.05, 4.69) is 11.9 Å². The van der Waals surface area contributed by atoms with E-state index in [-0.39, 0.29) is 6.10 Å². The van der Waals surface area contributed by atoms with E-state index in [1.54, 1.807) is 7.11 Å². The Morgan fingerprint density at radius 3 is 2.67 bits per heavy atom. The van der Waals surface area contributed by atoms with E-state index in [1.807, 2.05) is 32.0 Å². The van der Waals surface area contributed by atoms with Crippen molar-refractivity contribution in [2.24, 2.45) is 0 Å². The minimum absolute atomic E-state index is 0.278. The minimum Gasteiger partial charge on any atom is -0.497 e. The molecule has 0 amide bonds. The molecule has 0 radical (unpaired) electrons. The third-order valence-corrected chi connectivity index (χ3v) is 2.71. The molecule has 0 aliphatic carbocycles. The molecule has 0 spiro atoms. The van der Waals surface area contributed by atoms with Gasteiger partial charge in [0.1, 0.15) is 5.75 Å². The van der Waals surface area contributed by atoms with E-state index in [4.69, 9.17) is 15.2 Å². The molecule has 0 bridgehead atoms. The smallest absolute Gasteiger partial charge is 0.119 e. The molecule has 1 aromatic rings. The Kier molecular flexibility index (Phi) is 5.95. The number of anilines is 1. The molecular weight excluding hydrogens is 228 g/mol. The second-order valence-corrected chi connectivity index (χ2v) is 4.72. The lowest BCUT2D eigenvalue weighted by molar-refractivity contribution is 0.0627. The molecule has 0 saturated heterocycles. The number of ether oxygens (including phenoxy) is 2. The summed E-state index contributed by atoms with van der Waals surface area (Å²) in [6, 6.07) is 5.74. The van der Waals surface area contributed by atoms with Crippen LogP contribution in [0.5, 0.6) is 5.75 Å². The molecule has 102 valence electrons. The number of nitrogen functional groups attached to an aromatic ring is 1. The molecule has 1 rings (SSSR count). The number of hydrogen-bond donors (Lipinski definition) is 1. The van der Waals surface area contributed by atoms with E-state index in [9.17, 15) is 0 Å². The van der Waals surface area contributed by atoms with Crippen LogP contribution in [0.2, 0.25) is 0 Å². The Balaban J connectivity index is 2.50. The lowest BCUT2D eigenvalue weighted by atomic mass is 10.1. The highest BCUT2D eigenvalue weighted by atomic mass is 16.5. The number of likely N-dealkylation sites (N-methyl/N-ethyl adjacent to an activating group) is 1. The normalized spacial score (nSPS) is 11.2. The molecular formula is C14H24N2O2. The summed E-state index contributed by atoms with van der Waals surface area (Å²) in [6.45, 7) is 6.50. The third-order valence-electron chi connectivity index (χ3n) is 2.71. The van der Waals surface area contributed by atoms with Crippen LogP contribution in [0.1, 0.15) is 19.4 Å². The van der Waals surface area contributed by atoms with Crippen LogP contribution in [0.4, 0.5) is 5.69 Å². The van der Waals surface area contributed by atoms with E-state index in [0.29, 0.717) is 0 Å². The molecule has 0 aromatic heterocycles. The average Bonchev–Trinajstić information content (AvgIpc) is 2.31. The fourth-order valence-electron chi connectivity index (χ4n) is 1.66. The first kappa shape index (κ1) is 14.8. The van der Waals surface area contributed by atoms with Crippen LogP contribution in [0, 0.1) is 0 Å². The van der Waals surface area contributed by atoms with Gasteiger partial charge in [0, 0.05) is 18.8 Å². The molecule has 18 heavy (non-hydrogen) atoms. The van der Waals surface area contributed by atoms with Crippen LogP contribution in [0.15, 0.2) is 18.2 Å². The maximum absolute atomic E-state index is 5.96. The first-order valence-corrected chi connectivity index (χ1v) is 6.25. The second kappa shape index (κ2) is 7.24. The van der Waals surface area contributed by atoms with Crippen molar-refractivity contribution in [2.75, 3.05) is 33.0 Å². The summed E-state index contributed by atoms with van der Waals surface area (Å²) in [7, 11) is 3.72. The highest BCUT2D eigenvalue weighted by Crippen LogP contribution is 2.20. The van der Waals surface area contributed by atoms with Crippen LogP contribution in [0.3, 0.4) is 0 Å². The number of hydrogen-bond acceptors (Lipinski definition) is 4. The lowest BCUT2D eigenvalue weighted by Crippen LogP contribution is -2.24. The van der Waals surface area contributed by atoms with Gasteiger partial charge in [0.05, 0.1) is 19.8 Å². The Morgan fingerprint density at radius 2 is 2.06 bits per heavy atom. The quantitative estimate of drug-likeness (QED) is 0.755. The molecule has 2 N–H and O–H groups in total. The topological polar surface area (TPSA) is 47.7 Å². The summed E-state index contributed by atoms with van der Waals surface area (Å²) in [4.78, 5) is 2.19. The zero-order chi connectivity index (χ0) is 13.5. The van der Waals surface area contributed by atoms with E-state index in [1.165, 1.54) is 0 Å². The second-order valence-electron chi connectivity index (χ2n) is 4.72. The highest BCUT2D eigenvalue weighted by molar-refractivity contribution is 5.50. The minimum atomic E-state index is 0.278. The van der Waals surface area contributed by atoms with Crippen molar-refractivity contribution in [2.45, 2.75) is 26.5 Å². The largest absolute Gasteiger partial charge is 0.497 e. The van der Waals surface area contributed by atoms with Crippen molar-refractivity contribution < 1.29 is 9.47 Å². The van der Waals surface area contributed by atoms with Gasteiger partial charge in [0.15, 0.2) is 0 Å². The van der Waals surface area contributed by atoms with Crippen molar-refractivity contribution in [3.63, 3.8) is 0 Å². The molecule has 1 aromatic carbocycles. The summed E-state index contributed by atoms with van der Waals surface area (Å²) >= 11 is 0. The zero-order valence-corrected chi connectivity index (χ0v) is 11.8. The summed E-state index contributed by atoms with van der Waals surface area (Å²) in [6.07, 6.45) is 0.278. The lowest BCUT2D eigenvalue weighted by Gasteiger charge is -2.19.